The molecule has 33 heavy (non-hydrogen) atoms. The Morgan fingerprint density at radius 1 is 1.15 bits per heavy atom. The molecular weight excluding hydrogens is 414 g/mol. The number of carbonyl (C=O) groups is 2. The quantitative estimate of drug-likeness (QED) is 0.721. The highest BCUT2D eigenvalue weighted by molar-refractivity contribution is 5.92. The van der Waals surface area contributed by atoms with E-state index in [0.717, 1.165) is 51.6 Å². The number of aliphatic hydroxyl groups excluding tert-OH is 1. The van der Waals surface area contributed by atoms with Crippen LogP contribution in [0.25, 0.3) is 0 Å². The van der Waals surface area contributed by atoms with E-state index in [9.17, 15) is 14.7 Å². The van der Waals surface area contributed by atoms with Gasteiger partial charge in [-0.25, -0.2) is 0 Å². The molecule has 0 spiro atoms. The topological polar surface area (TPSA) is 82.5 Å². The fourth-order valence-corrected chi connectivity index (χ4v) is 6.94. The van der Waals surface area contributed by atoms with Crippen LogP contribution in [0.1, 0.15) is 76.7 Å². The predicted molar refractivity (Wildman–Crippen MR) is 128 cm³/mol. The number of nitrogens with one attached hydrogen (secondary N) is 1. The van der Waals surface area contributed by atoms with Crippen LogP contribution >= 0.6 is 0 Å². The van der Waals surface area contributed by atoms with Crippen LogP contribution in [0.15, 0.2) is 24.4 Å². The predicted octanol–water partition coefficient (Wildman–Crippen LogP) is 3.90. The Hall–Kier alpha value is -1.95. The molecule has 3 aliphatic rings. The zero-order chi connectivity index (χ0) is 23.8. The second-order valence-corrected chi connectivity index (χ2v) is 11.4. The molecule has 6 heteroatoms. The maximum absolute atomic E-state index is 13.3. The van der Waals surface area contributed by atoms with Crippen molar-refractivity contribution in [3.8, 4) is 0 Å². The molecule has 182 valence electrons. The van der Waals surface area contributed by atoms with Gasteiger partial charge < -0.3 is 15.3 Å². The van der Waals surface area contributed by atoms with Crippen molar-refractivity contribution in [3.05, 3.63) is 30.1 Å². The molecule has 0 radical (unpaired) electrons. The molecule has 0 bridgehead atoms. The van der Waals surface area contributed by atoms with Crippen LogP contribution in [0.2, 0.25) is 0 Å². The zero-order valence-corrected chi connectivity index (χ0v) is 20.7. The molecule has 2 heterocycles. The number of amides is 2. The molecular formula is C27H41N3O3. The lowest BCUT2D eigenvalue weighted by molar-refractivity contribution is -0.151. The Morgan fingerprint density at radius 2 is 1.85 bits per heavy atom. The lowest BCUT2D eigenvalue weighted by Gasteiger charge is -2.56. The van der Waals surface area contributed by atoms with Gasteiger partial charge in [-0.05, 0) is 79.7 Å². The third kappa shape index (κ3) is 4.82. The highest BCUT2D eigenvalue weighted by atomic mass is 16.3. The van der Waals surface area contributed by atoms with E-state index in [1.165, 1.54) is 0 Å². The number of hydrogen-bond acceptors (Lipinski definition) is 4. The summed E-state index contributed by atoms with van der Waals surface area (Å²) in [5, 5.41) is 14.8. The van der Waals surface area contributed by atoms with Gasteiger partial charge in [0.05, 0.1) is 6.10 Å². The van der Waals surface area contributed by atoms with Gasteiger partial charge in [0.1, 0.15) is 5.69 Å². The molecule has 1 aromatic heterocycles. The van der Waals surface area contributed by atoms with E-state index in [1.54, 1.807) is 18.3 Å². The average molecular weight is 456 g/mol. The molecule has 3 fully saturated rings. The summed E-state index contributed by atoms with van der Waals surface area (Å²) in [6.45, 7) is 10.4. The summed E-state index contributed by atoms with van der Waals surface area (Å²) in [5.74, 6) is 0.740. The van der Waals surface area contributed by atoms with Crippen molar-refractivity contribution in [3.63, 3.8) is 0 Å². The smallest absolute Gasteiger partial charge is 0.270 e. The number of hydrogen-bond donors (Lipinski definition) is 2. The van der Waals surface area contributed by atoms with E-state index >= 15 is 0 Å². The first kappa shape index (κ1) is 24.2. The van der Waals surface area contributed by atoms with E-state index in [4.69, 9.17) is 0 Å². The first-order valence-corrected chi connectivity index (χ1v) is 12.9. The maximum atomic E-state index is 13.3. The molecule has 6 nitrogen and oxygen atoms in total. The normalized spacial score (nSPS) is 36.0. The number of aliphatic hydroxyl groups is 1. The third-order valence-electron chi connectivity index (χ3n) is 9.23. The lowest BCUT2D eigenvalue weighted by Crippen LogP contribution is -2.58. The molecule has 1 aromatic rings. The van der Waals surface area contributed by atoms with Crippen LogP contribution in [-0.4, -0.2) is 52.0 Å². The van der Waals surface area contributed by atoms with Gasteiger partial charge in [0, 0.05) is 31.2 Å². The zero-order valence-electron chi connectivity index (χ0n) is 20.7. The van der Waals surface area contributed by atoms with Gasteiger partial charge in [-0.15, -0.1) is 0 Å². The molecule has 7 atom stereocenters. The van der Waals surface area contributed by atoms with Crippen LogP contribution in [-0.2, 0) is 4.79 Å². The average Bonchev–Trinajstić information content (AvgIpc) is 2.81. The van der Waals surface area contributed by atoms with Crippen molar-refractivity contribution in [2.75, 3.05) is 13.1 Å². The van der Waals surface area contributed by atoms with Crippen molar-refractivity contribution < 1.29 is 14.7 Å². The molecule has 2 saturated carbocycles. The third-order valence-corrected chi connectivity index (χ3v) is 9.23. The van der Waals surface area contributed by atoms with Crippen molar-refractivity contribution >= 4 is 11.8 Å². The Morgan fingerprint density at radius 3 is 2.52 bits per heavy atom. The lowest BCUT2D eigenvalue weighted by atomic mass is 9.51. The van der Waals surface area contributed by atoms with Gasteiger partial charge in [-0.3, -0.25) is 14.6 Å². The van der Waals surface area contributed by atoms with E-state index in [-0.39, 0.29) is 46.9 Å². The Kier molecular flexibility index (Phi) is 7.13. The Balaban J connectivity index is 1.45. The standard InChI is InChI=1S/C27H41N3O3/c1-17-10-15-30(16-11-17)26(33)18(2)20-8-12-27(4)13-9-21(19(3)23(27)24(20)31)29-25(32)22-7-5-6-14-28-22/h5-7,14,17-21,23-24,31H,8-13,15-16H2,1-4H3,(H,29,32)/t18-,19-,20+,21-,23+,24-,27+/m0/s1. The molecule has 2 aliphatic carbocycles. The van der Waals surface area contributed by atoms with Gasteiger partial charge in [0.25, 0.3) is 5.91 Å². The monoisotopic (exact) mass is 455 g/mol. The van der Waals surface area contributed by atoms with Crippen molar-refractivity contribution in [1.82, 2.24) is 15.2 Å². The Bertz CT molecular complexity index is 838. The van der Waals surface area contributed by atoms with E-state index in [0.29, 0.717) is 11.6 Å². The minimum atomic E-state index is -0.532. The van der Waals surface area contributed by atoms with E-state index < -0.39 is 6.10 Å². The van der Waals surface area contributed by atoms with E-state index in [1.807, 2.05) is 17.9 Å². The number of fused-ring (bicyclic) bond motifs is 1. The van der Waals surface area contributed by atoms with Crippen LogP contribution < -0.4 is 5.32 Å². The molecule has 4 rings (SSSR count). The summed E-state index contributed by atoms with van der Waals surface area (Å²) in [4.78, 5) is 32.2. The van der Waals surface area contributed by atoms with Crippen LogP contribution in [0, 0.1) is 35.0 Å². The van der Waals surface area contributed by atoms with Gasteiger partial charge in [0.2, 0.25) is 5.91 Å². The minimum absolute atomic E-state index is 0.000529. The second kappa shape index (κ2) is 9.73. The number of likely N-dealkylation sites (tertiary alicyclic amines) is 1. The summed E-state index contributed by atoms with van der Waals surface area (Å²) in [6.07, 6.45) is 7.05. The first-order valence-electron chi connectivity index (χ1n) is 12.9. The fourth-order valence-electron chi connectivity index (χ4n) is 6.94. The summed E-state index contributed by atoms with van der Waals surface area (Å²) in [6, 6.07) is 5.35. The number of nitrogens with zero attached hydrogens (tertiary/aromatic N) is 2. The van der Waals surface area contributed by atoms with Gasteiger partial charge in [-0.1, -0.05) is 33.8 Å². The maximum Gasteiger partial charge on any atom is 0.270 e. The summed E-state index contributed by atoms with van der Waals surface area (Å²) in [5.41, 5.74) is 0.473. The van der Waals surface area contributed by atoms with Crippen molar-refractivity contribution in [2.45, 2.75) is 78.4 Å². The number of carbonyl (C=O) groups excluding carboxylic acids is 2. The SMILES string of the molecule is CC1CCN(C(=O)[C@@H](C)[C@H]2CC[C@]3(C)CC[C@H](NC(=O)c4ccccn4)[C@H](C)[C@@H]3[C@H]2O)CC1. The van der Waals surface area contributed by atoms with Gasteiger partial charge >= 0.3 is 0 Å². The number of piperidine rings is 1. The van der Waals surface area contributed by atoms with Crippen LogP contribution in [0.5, 0.6) is 0 Å². The largest absolute Gasteiger partial charge is 0.392 e. The summed E-state index contributed by atoms with van der Waals surface area (Å²) < 4.78 is 0. The number of pyridine rings is 1. The molecule has 0 aromatic carbocycles. The highest BCUT2D eigenvalue weighted by Crippen LogP contribution is 2.55. The van der Waals surface area contributed by atoms with Crippen LogP contribution in [0.4, 0.5) is 0 Å². The Labute approximate surface area is 198 Å². The minimum Gasteiger partial charge on any atom is -0.392 e. The molecule has 1 saturated heterocycles. The number of aromatic nitrogens is 1. The van der Waals surface area contributed by atoms with Gasteiger partial charge in [-0.2, -0.15) is 0 Å². The highest BCUT2D eigenvalue weighted by Gasteiger charge is 2.54. The molecule has 2 amide bonds. The fraction of sp³-hybridized carbons (Fsp3) is 0.741. The molecule has 1 aliphatic heterocycles. The van der Waals surface area contributed by atoms with Gasteiger partial charge in [0.15, 0.2) is 0 Å². The summed E-state index contributed by atoms with van der Waals surface area (Å²) in [7, 11) is 0. The molecule has 0 unspecified atom stereocenters. The van der Waals surface area contributed by atoms with E-state index in [2.05, 4.69) is 31.1 Å². The summed E-state index contributed by atoms with van der Waals surface area (Å²) >= 11 is 0. The molecule has 2 N–H and O–H groups in total. The number of rotatable bonds is 4. The van der Waals surface area contributed by atoms with Crippen molar-refractivity contribution in [2.24, 2.45) is 35.0 Å². The first-order chi connectivity index (χ1) is 15.7. The van der Waals surface area contributed by atoms with Crippen molar-refractivity contribution in [1.29, 1.82) is 0 Å². The second-order valence-electron chi connectivity index (χ2n) is 11.4. The van der Waals surface area contributed by atoms with Crippen LogP contribution in [0.3, 0.4) is 0 Å².